The van der Waals surface area contributed by atoms with Gasteiger partial charge in [-0.3, -0.25) is 4.79 Å². The van der Waals surface area contributed by atoms with Gasteiger partial charge in [-0.2, -0.15) is 0 Å². The Morgan fingerprint density at radius 2 is 1.88 bits per heavy atom. The van der Waals surface area contributed by atoms with Gasteiger partial charge in [0.25, 0.3) is 5.91 Å². The van der Waals surface area contributed by atoms with E-state index in [1.54, 1.807) is 13.0 Å². The summed E-state index contributed by atoms with van der Waals surface area (Å²) in [4.78, 5) is 12.3. The number of anilines is 1. The van der Waals surface area contributed by atoms with Crippen LogP contribution in [0.3, 0.4) is 0 Å². The van der Waals surface area contributed by atoms with Crippen molar-refractivity contribution in [1.82, 2.24) is 14.8 Å². The SMILES string of the molecule is Cc1occc1C(=O)Nc1ccc(-c2nnc3n2CCCCCC3)cc1. The van der Waals surface area contributed by atoms with Crippen molar-refractivity contribution in [1.29, 1.82) is 0 Å². The third-order valence-corrected chi connectivity index (χ3v) is 4.86. The monoisotopic (exact) mass is 350 g/mol. The fraction of sp³-hybridized carbons (Fsp3) is 0.350. The normalized spacial score (nSPS) is 14.3. The Kier molecular flexibility index (Phi) is 4.56. The number of hydrogen-bond donors (Lipinski definition) is 1. The third-order valence-electron chi connectivity index (χ3n) is 4.86. The van der Waals surface area contributed by atoms with Crippen molar-refractivity contribution < 1.29 is 9.21 Å². The highest BCUT2D eigenvalue weighted by molar-refractivity contribution is 6.04. The second-order valence-electron chi connectivity index (χ2n) is 6.68. The zero-order valence-electron chi connectivity index (χ0n) is 14.9. The van der Waals surface area contributed by atoms with E-state index in [1.165, 1.54) is 25.5 Å². The van der Waals surface area contributed by atoms with E-state index < -0.39 is 0 Å². The summed E-state index contributed by atoms with van der Waals surface area (Å²) in [5.41, 5.74) is 2.31. The maximum Gasteiger partial charge on any atom is 0.259 e. The zero-order valence-corrected chi connectivity index (χ0v) is 14.9. The molecule has 6 heteroatoms. The van der Waals surface area contributed by atoms with Crippen molar-refractivity contribution in [3.05, 3.63) is 53.7 Å². The molecule has 2 aromatic heterocycles. The highest BCUT2D eigenvalue weighted by Crippen LogP contribution is 2.24. The number of nitrogens with zero attached hydrogens (tertiary/aromatic N) is 3. The summed E-state index contributed by atoms with van der Waals surface area (Å²) in [5, 5.41) is 11.7. The fourth-order valence-electron chi connectivity index (χ4n) is 3.40. The van der Waals surface area contributed by atoms with Gasteiger partial charge in [0, 0.05) is 24.2 Å². The van der Waals surface area contributed by atoms with Crippen molar-refractivity contribution in [3.63, 3.8) is 0 Å². The number of aromatic nitrogens is 3. The lowest BCUT2D eigenvalue weighted by atomic mass is 10.1. The standard InChI is InChI=1S/C20H22N4O2/c1-14-17(11-13-26-14)20(25)21-16-9-7-15(8-10-16)19-23-22-18-6-4-2-3-5-12-24(18)19/h7-11,13H,2-6,12H2,1H3,(H,21,25). The summed E-state index contributed by atoms with van der Waals surface area (Å²) in [6, 6.07) is 9.43. The van der Waals surface area contributed by atoms with Gasteiger partial charge >= 0.3 is 0 Å². The van der Waals surface area contributed by atoms with Gasteiger partial charge in [-0.15, -0.1) is 10.2 Å². The molecule has 0 unspecified atom stereocenters. The summed E-state index contributed by atoms with van der Waals surface area (Å²) in [5.74, 6) is 2.43. The molecular formula is C20H22N4O2. The summed E-state index contributed by atoms with van der Waals surface area (Å²) >= 11 is 0. The van der Waals surface area contributed by atoms with Crippen molar-refractivity contribution >= 4 is 11.6 Å². The van der Waals surface area contributed by atoms with Crippen molar-refractivity contribution in [2.45, 2.75) is 45.6 Å². The Morgan fingerprint density at radius 3 is 2.65 bits per heavy atom. The van der Waals surface area contributed by atoms with Crippen LogP contribution >= 0.6 is 0 Å². The lowest BCUT2D eigenvalue weighted by molar-refractivity contribution is 0.102. The lowest BCUT2D eigenvalue weighted by Crippen LogP contribution is -2.12. The number of furan rings is 1. The predicted octanol–water partition coefficient (Wildman–Crippen LogP) is 4.22. The van der Waals surface area contributed by atoms with Gasteiger partial charge in [-0.25, -0.2) is 0 Å². The highest BCUT2D eigenvalue weighted by Gasteiger charge is 2.16. The van der Waals surface area contributed by atoms with Gasteiger partial charge < -0.3 is 14.3 Å². The number of fused-ring (bicyclic) bond motifs is 1. The van der Waals surface area contributed by atoms with E-state index in [4.69, 9.17) is 4.42 Å². The Hall–Kier alpha value is -2.89. The quantitative estimate of drug-likeness (QED) is 0.768. The van der Waals surface area contributed by atoms with Crippen LogP contribution in [0.4, 0.5) is 5.69 Å². The van der Waals surface area contributed by atoms with E-state index in [0.29, 0.717) is 11.3 Å². The Morgan fingerprint density at radius 1 is 1.08 bits per heavy atom. The van der Waals surface area contributed by atoms with Crippen molar-refractivity contribution in [3.8, 4) is 11.4 Å². The first-order chi connectivity index (χ1) is 12.7. The minimum absolute atomic E-state index is 0.170. The molecule has 1 N–H and O–H groups in total. The van der Waals surface area contributed by atoms with Crippen LogP contribution < -0.4 is 5.32 Å². The first-order valence-electron chi connectivity index (χ1n) is 9.10. The van der Waals surface area contributed by atoms with Gasteiger partial charge in [-0.05, 0) is 50.1 Å². The molecule has 0 saturated carbocycles. The second-order valence-corrected chi connectivity index (χ2v) is 6.68. The van der Waals surface area contributed by atoms with Crippen LogP contribution in [0.2, 0.25) is 0 Å². The van der Waals surface area contributed by atoms with Gasteiger partial charge in [0.05, 0.1) is 11.8 Å². The minimum atomic E-state index is -0.170. The topological polar surface area (TPSA) is 73.0 Å². The number of carbonyl (C=O) groups is 1. The zero-order chi connectivity index (χ0) is 17.9. The van der Waals surface area contributed by atoms with Gasteiger partial charge in [0.15, 0.2) is 5.82 Å². The third kappa shape index (κ3) is 3.27. The second kappa shape index (κ2) is 7.15. The summed E-state index contributed by atoms with van der Waals surface area (Å²) in [7, 11) is 0. The average molecular weight is 350 g/mol. The molecule has 6 nitrogen and oxygen atoms in total. The molecule has 26 heavy (non-hydrogen) atoms. The lowest BCUT2D eigenvalue weighted by Gasteiger charge is -2.13. The van der Waals surface area contributed by atoms with E-state index in [-0.39, 0.29) is 5.91 Å². The summed E-state index contributed by atoms with van der Waals surface area (Å²) in [6.07, 6.45) is 7.38. The molecule has 0 aliphatic carbocycles. The number of amides is 1. The molecule has 1 amide bonds. The predicted molar refractivity (Wildman–Crippen MR) is 99.0 cm³/mol. The Bertz CT molecular complexity index is 908. The van der Waals surface area contributed by atoms with E-state index in [2.05, 4.69) is 20.1 Å². The van der Waals surface area contributed by atoms with E-state index in [0.717, 1.165) is 42.3 Å². The van der Waals surface area contributed by atoms with Crippen LogP contribution in [0, 0.1) is 6.92 Å². The molecule has 3 aromatic rings. The van der Waals surface area contributed by atoms with Crippen LogP contribution in [0.5, 0.6) is 0 Å². The molecule has 0 spiro atoms. The molecule has 0 saturated heterocycles. The number of rotatable bonds is 3. The van der Waals surface area contributed by atoms with Crippen molar-refractivity contribution in [2.24, 2.45) is 0 Å². The molecule has 3 heterocycles. The first-order valence-corrected chi connectivity index (χ1v) is 9.10. The van der Waals surface area contributed by atoms with E-state index in [9.17, 15) is 4.79 Å². The Labute approximate surface area is 152 Å². The molecule has 0 bridgehead atoms. The molecule has 4 rings (SSSR count). The van der Waals surface area contributed by atoms with Crippen molar-refractivity contribution in [2.75, 3.05) is 5.32 Å². The van der Waals surface area contributed by atoms with Crippen LogP contribution in [0.1, 0.15) is 47.6 Å². The van der Waals surface area contributed by atoms with Gasteiger partial charge in [0.1, 0.15) is 11.6 Å². The smallest absolute Gasteiger partial charge is 0.259 e. The molecule has 134 valence electrons. The molecule has 0 radical (unpaired) electrons. The molecule has 1 aromatic carbocycles. The molecular weight excluding hydrogens is 328 g/mol. The molecule has 0 fully saturated rings. The summed E-state index contributed by atoms with van der Waals surface area (Å²) in [6.45, 7) is 2.74. The average Bonchev–Trinajstić information content (AvgIpc) is 3.21. The minimum Gasteiger partial charge on any atom is -0.469 e. The maximum atomic E-state index is 12.3. The van der Waals surface area contributed by atoms with E-state index >= 15 is 0 Å². The number of hydrogen-bond acceptors (Lipinski definition) is 4. The van der Waals surface area contributed by atoms with E-state index in [1.807, 2.05) is 24.3 Å². The largest absolute Gasteiger partial charge is 0.469 e. The fourth-order valence-corrected chi connectivity index (χ4v) is 3.40. The maximum absolute atomic E-state index is 12.3. The molecule has 1 aliphatic rings. The van der Waals surface area contributed by atoms with Crippen LogP contribution in [-0.2, 0) is 13.0 Å². The van der Waals surface area contributed by atoms with Gasteiger partial charge in [0.2, 0.25) is 0 Å². The molecule has 0 atom stereocenters. The summed E-state index contributed by atoms with van der Waals surface area (Å²) < 4.78 is 7.42. The highest BCUT2D eigenvalue weighted by atomic mass is 16.3. The Balaban J connectivity index is 1.53. The van der Waals surface area contributed by atoms with Gasteiger partial charge in [-0.1, -0.05) is 12.8 Å². The number of carbonyl (C=O) groups excluding carboxylic acids is 1. The number of benzene rings is 1. The van der Waals surface area contributed by atoms with Crippen LogP contribution in [0.15, 0.2) is 41.0 Å². The number of aryl methyl sites for hydroxylation is 2. The molecule has 1 aliphatic heterocycles. The van der Waals surface area contributed by atoms with Crippen LogP contribution in [0.25, 0.3) is 11.4 Å². The van der Waals surface area contributed by atoms with Crippen LogP contribution in [-0.4, -0.2) is 20.7 Å². The number of nitrogens with one attached hydrogen (secondary N) is 1. The first kappa shape index (κ1) is 16.6.